The number of hydrogen-bond donors (Lipinski definition) is 1. The van der Waals surface area contributed by atoms with Gasteiger partial charge < -0.3 is 9.84 Å². The zero-order valence-electron chi connectivity index (χ0n) is 9.16. The summed E-state index contributed by atoms with van der Waals surface area (Å²) in [6.45, 7) is 5.72. The van der Waals surface area contributed by atoms with Crippen LogP contribution in [0.3, 0.4) is 0 Å². The summed E-state index contributed by atoms with van der Waals surface area (Å²) in [6, 6.07) is 0. The highest BCUT2D eigenvalue weighted by atomic mass is 16.6. The molecule has 1 saturated heterocycles. The predicted octanol–water partition coefficient (Wildman–Crippen LogP) is 2.37. The summed E-state index contributed by atoms with van der Waals surface area (Å²) in [5, 5.41) is 8.70. The van der Waals surface area contributed by atoms with E-state index in [1.165, 1.54) is 6.42 Å². The van der Waals surface area contributed by atoms with Crippen LogP contribution in [0.25, 0.3) is 0 Å². The van der Waals surface area contributed by atoms with Crippen LogP contribution in [-0.4, -0.2) is 22.8 Å². The molecule has 2 fully saturated rings. The van der Waals surface area contributed by atoms with Crippen molar-refractivity contribution >= 4 is 5.97 Å². The summed E-state index contributed by atoms with van der Waals surface area (Å²) in [5.41, 5.74) is 0.451. The first kappa shape index (κ1) is 10.7. The van der Waals surface area contributed by atoms with Crippen LogP contribution in [0.15, 0.2) is 12.2 Å². The molecule has 1 heterocycles. The minimum Gasteiger partial charge on any atom is -0.478 e. The number of carboxylic acid groups (broad SMARTS) is 1. The quantitative estimate of drug-likeness (QED) is 0.572. The summed E-state index contributed by atoms with van der Waals surface area (Å²) in [7, 11) is 0. The number of hydrogen-bond acceptors (Lipinski definition) is 2. The standard InChI is InChI=1S/C12H18O3/c1-8(11(13)14)3-4-9-5-6-10-12(2,7-9)15-10/h9-10H,1,3-7H2,2H3,(H,13,14). The smallest absolute Gasteiger partial charge is 0.330 e. The average molecular weight is 210 g/mol. The number of carboxylic acids is 1. The number of carbonyl (C=O) groups is 1. The van der Waals surface area contributed by atoms with Gasteiger partial charge in [0.1, 0.15) is 0 Å². The molecule has 3 nitrogen and oxygen atoms in total. The van der Waals surface area contributed by atoms with Gasteiger partial charge in [-0.1, -0.05) is 6.58 Å². The van der Waals surface area contributed by atoms with Crippen LogP contribution in [-0.2, 0) is 9.53 Å². The van der Waals surface area contributed by atoms with Crippen LogP contribution in [0.2, 0.25) is 0 Å². The number of epoxide rings is 1. The molecular weight excluding hydrogens is 192 g/mol. The fourth-order valence-corrected chi connectivity index (χ4v) is 2.63. The summed E-state index contributed by atoms with van der Waals surface area (Å²) < 4.78 is 5.61. The van der Waals surface area contributed by atoms with Gasteiger partial charge in [0.15, 0.2) is 0 Å². The van der Waals surface area contributed by atoms with Crippen molar-refractivity contribution in [2.75, 3.05) is 0 Å². The Morgan fingerprint density at radius 2 is 2.33 bits per heavy atom. The van der Waals surface area contributed by atoms with Gasteiger partial charge in [0.25, 0.3) is 0 Å². The van der Waals surface area contributed by atoms with E-state index in [0.29, 0.717) is 24.0 Å². The number of fused-ring (bicyclic) bond motifs is 1. The molecule has 1 saturated carbocycles. The van der Waals surface area contributed by atoms with Gasteiger partial charge in [-0.2, -0.15) is 0 Å². The van der Waals surface area contributed by atoms with Crippen LogP contribution < -0.4 is 0 Å². The second-order valence-electron chi connectivity index (χ2n) is 5.01. The van der Waals surface area contributed by atoms with Gasteiger partial charge in [0, 0.05) is 5.57 Å². The van der Waals surface area contributed by atoms with E-state index in [0.717, 1.165) is 19.3 Å². The molecule has 1 aliphatic carbocycles. The van der Waals surface area contributed by atoms with Crippen molar-refractivity contribution in [1.29, 1.82) is 0 Å². The Kier molecular flexibility index (Phi) is 2.59. The minimum atomic E-state index is -0.863. The second-order valence-corrected chi connectivity index (χ2v) is 5.01. The Hall–Kier alpha value is -0.830. The van der Waals surface area contributed by atoms with Crippen LogP contribution in [0, 0.1) is 5.92 Å². The molecule has 3 heteroatoms. The zero-order valence-corrected chi connectivity index (χ0v) is 9.16. The predicted molar refractivity (Wildman–Crippen MR) is 56.6 cm³/mol. The van der Waals surface area contributed by atoms with Crippen molar-refractivity contribution in [2.24, 2.45) is 5.92 Å². The third kappa shape index (κ3) is 2.23. The summed E-state index contributed by atoms with van der Waals surface area (Å²) >= 11 is 0. The van der Waals surface area contributed by atoms with E-state index in [4.69, 9.17) is 9.84 Å². The molecule has 2 rings (SSSR count). The molecule has 0 aromatic rings. The lowest BCUT2D eigenvalue weighted by molar-refractivity contribution is -0.132. The molecule has 3 atom stereocenters. The van der Waals surface area contributed by atoms with Gasteiger partial charge in [-0.05, 0) is 44.9 Å². The molecule has 0 amide bonds. The van der Waals surface area contributed by atoms with Crippen molar-refractivity contribution in [2.45, 2.75) is 50.7 Å². The van der Waals surface area contributed by atoms with Crippen LogP contribution in [0.1, 0.15) is 39.0 Å². The van der Waals surface area contributed by atoms with E-state index < -0.39 is 5.97 Å². The van der Waals surface area contributed by atoms with E-state index >= 15 is 0 Å². The van der Waals surface area contributed by atoms with Gasteiger partial charge in [-0.25, -0.2) is 4.79 Å². The van der Waals surface area contributed by atoms with E-state index in [1.54, 1.807) is 0 Å². The summed E-state index contributed by atoms with van der Waals surface area (Å²) in [5.74, 6) is -0.248. The highest BCUT2D eigenvalue weighted by Crippen LogP contribution is 2.50. The highest BCUT2D eigenvalue weighted by molar-refractivity contribution is 5.85. The maximum atomic E-state index is 10.6. The van der Waals surface area contributed by atoms with Gasteiger partial charge in [-0.15, -0.1) is 0 Å². The Morgan fingerprint density at radius 1 is 1.60 bits per heavy atom. The normalized spacial score (nSPS) is 38.2. The summed E-state index contributed by atoms with van der Waals surface area (Å²) in [4.78, 5) is 10.6. The number of aliphatic carboxylic acids is 1. The van der Waals surface area contributed by atoms with Crippen molar-refractivity contribution in [1.82, 2.24) is 0 Å². The molecular formula is C12H18O3. The maximum Gasteiger partial charge on any atom is 0.330 e. The SMILES string of the molecule is C=C(CCC1CCC2OC2(C)C1)C(=O)O. The average Bonchev–Trinajstić information content (AvgIpc) is 2.84. The van der Waals surface area contributed by atoms with E-state index in [2.05, 4.69) is 13.5 Å². The first-order valence-corrected chi connectivity index (χ1v) is 5.60. The zero-order chi connectivity index (χ0) is 11.1. The minimum absolute atomic E-state index is 0.119. The number of ether oxygens (including phenoxy) is 1. The molecule has 3 unspecified atom stereocenters. The molecule has 0 radical (unpaired) electrons. The summed E-state index contributed by atoms with van der Waals surface area (Å²) in [6.07, 6.45) is 5.44. The maximum absolute atomic E-state index is 10.6. The van der Waals surface area contributed by atoms with Crippen molar-refractivity contribution < 1.29 is 14.6 Å². The third-order valence-electron chi connectivity index (χ3n) is 3.72. The molecule has 1 N–H and O–H groups in total. The largest absolute Gasteiger partial charge is 0.478 e. The van der Waals surface area contributed by atoms with E-state index in [-0.39, 0.29) is 5.60 Å². The topological polar surface area (TPSA) is 49.8 Å². The lowest BCUT2D eigenvalue weighted by Gasteiger charge is -2.23. The highest BCUT2D eigenvalue weighted by Gasteiger charge is 2.55. The molecule has 84 valence electrons. The Morgan fingerprint density at radius 3 is 2.93 bits per heavy atom. The molecule has 0 aromatic heterocycles. The van der Waals surface area contributed by atoms with Crippen LogP contribution in [0.4, 0.5) is 0 Å². The third-order valence-corrected chi connectivity index (χ3v) is 3.72. The lowest BCUT2D eigenvalue weighted by Crippen LogP contribution is -2.22. The number of rotatable bonds is 4. The second kappa shape index (κ2) is 3.63. The van der Waals surface area contributed by atoms with Crippen LogP contribution >= 0.6 is 0 Å². The van der Waals surface area contributed by atoms with Crippen molar-refractivity contribution in [3.05, 3.63) is 12.2 Å². The first-order chi connectivity index (χ1) is 7.01. The van der Waals surface area contributed by atoms with Crippen molar-refractivity contribution in [3.63, 3.8) is 0 Å². The van der Waals surface area contributed by atoms with Gasteiger partial charge in [0.05, 0.1) is 11.7 Å². The van der Waals surface area contributed by atoms with E-state index in [1.807, 2.05) is 0 Å². The van der Waals surface area contributed by atoms with E-state index in [9.17, 15) is 4.79 Å². The Balaban J connectivity index is 1.76. The van der Waals surface area contributed by atoms with Crippen LogP contribution in [0.5, 0.6) is 0 Å². The Labute approximate surface area is 90.1 Å². The molecule has 0 aromatic carbocycles. The van der Waals surface area contributed by atoms with Crippen molar-refractivity contribution in [3.8, 4) is 0 Å². The molecule has 15 heavy (non-hydrogen) atoms. The molecule has 0 spiro atoms. The van der Waals surface area contributed by atoms with Gasteiger partial charge in [-0.3, -0.25) is 0 Å². The van der Waals surface area contributed by atoms with Gasteiger partial charge >= 0.3 is 5.97 Å². The van der Waals surface area contributed by atoms with Gasteiger partial charge in [0.2, 0.25) is 0 Å². The monoisotopic (exact) mass is 210 g/mol. The molecule has 0 bridgehead atoms. The Bertz CT molecular complexity index is 297. The first-order valence-electron chi connectivity index (χ1n) is 5.60. The molecule has 1 aliphatic heterocycles. The molecule has 2 aliphatic rings. The fourth-order valence-electron chi connectivity index (χ4n) is 2.63. The lowest BCUT2D eigenvalue weighted by atomic mass is 9.80. The fraction of sp³-hybridized carbons (Fsp3) is 0.750.